The van der Waals surface area contributed by atoms with Crippen LogP contribution in [0.2, 0.25) is 0 Å². The van der Waals surface area contributed by atoms with Crippen LogP contribution in [0.3, 0.4) is 0 Å². The number of aromatic nitrogens is 2. The molecular formula is C13H17N3O2. The van der Waals surface area contributed by atoms with Gasteiger partial charge in [0, 0.05) is 0 Å². The zero-order valence-electron chi connectivity index (χ0n) is 10.8. The molecule has 0 aliphatic carbocycles. The molecule has 1 aromatic carbocycles. The highest BCUT2D eigenvalue weighted by Gasteiger charge is 2.28. The number of hydrogen-bond donors (Lipinski definition) is 2. The molecule has 1 atom stereocenters. The summed E-state index contributed by atoms with van der Waals surface area (Å²) in [5.74, 6) is -1.02. The third-order valence-corrected chi connectivity index (χ3v) is 3.22. The quantitative estimate of drug-likeness (QED) is 0.860. The van der Waals surface area contributed by atoms with Gasteiger partial charge in [-0.3, -0.25) is 4.79 Å². The van der Waals surface area contributed by atoms with Gasteiger partial charge in [0.05, 0.1) is 23.9 Å². The molecule has 0 saturated carbocycles. The van der Waals surface area contributed by atoms with Gasteiger partial charge in [-0.15, -0.1) is 0 Å². The van der Waals surface area contributed by atoms with Crippen molar-refractivity contribution in [3.8, 4) is 0 Å². The number of carboxylic acid groups (broad SMARTS) is 1. The number of aryl methyl sites for hydroxylation is 2. The highest BCUT2D eigenvalue weighted by Crippen LogP contribution is 2.19. The number of rotatable bonds is 3. The predicted molar refractivity (Wildman–Crippen MR) is 69.4 cm³/mol. The molecule has 0 fully saturated rings. The second-order valence-corrected chi connectivity index (χ2v) is 5.02. The summed E-state index contributed by atoms with van der Waals surface area (Å²) in [5, 5.41) is 9.05. The average Bonchev–Trinajstić information content (AvgIpc) is 2.61. The third-order valence-electron chi connectivity index (χ3n) is 3.22. The second-order valence-electron chi connectivity index (χ2n) is 5.02. The van der Waals surface area contributed by atoms with Gasteiger partial charge in [0.15, 0.2) is 0 Å². The molecule has 0 aliphatic rings. The van der Waals surface area contributed by atoms with E-state index in [0.717, 1.165) is 16.6 Å². The molecule has 0 spiro atoms. The highest BCUT2D eigenvalue weighted by atomic mass is 16.4. The largest absolute Gasteiger partial charge is 0.480 e. The Morgan fingerprint density at radius 1 is 1.44 bits per heavy atom. The molecule has 0 radical (unpaired) electrons. The van der Waals surface area contributed by atoms with Crippen LogP contribution in [-0.4, -0.2) is 26.2 Å². The minimum Gasteiger partial charge on any atom is -0.480 e. The van der Waals surface area contributed by atoms with E-state index in [9.17, 15) is 4.79 Å². The van der Waals surface area contributed by atoms with E-state index in [4.69, 9.17) is 10.8 Å². The topological polar surface area (TPSA) is 81.1 Å². The number of hydrogen-bond acceptors (Lipinski definition) is 3. The van der Waals surface area contributed by atoms with E-state index >= 15 is 0 Å². The minimum atomic E-state index is -1.30. The molecule has 0 amide bonds. The first-order chi connectivity index (χ1) is 8.31. The van der Waals surface area contributed by atoms with E-state index in [1.807, 2.05) is 26.0 Å². The van der Waals surface area contributed by atoms with Crippen molar-refractivity contribution in [3.63, 3.8) is 0 Å². The molecule has 5 heteroatoms. The SMILES string of the molecule is Cc1cc2ncn(CC(C)(N)C(=O)O)c2cc1C. The van der Waals surface area contributed by atoms with Gasteiger partial charge in [0.25, 0.3) is 0 Å². The zero-order valence-corrected chi connectivity index (χ0v) is 10.8. The van der Waals surface area contributed by atoms with Crippen molar-refractivity contribution in [2.24, 2.45) is 5.73 Å². The lowest BCUT2D eigenvalue weighted by atomic mass is 10.0. The molecule has 0 bridgehead atoms. The second kappa shape index (κ2) is 4.10. The molecule has 3 N–H and O–H groups in total. The van der Waals surface area contributed by atoms with Gasteiger partial charge in [-0.25, -0.2) is 4.98 Å². The number of carboxylic acids is 1. The lowest BCUT2D eigenvalue weighted by molar-refractivity contribution is -0.143. The van der Waals surface area contributed by atoms with Crippen LogP contribution in [0.5, 0.6) is 0 Å². The van der Waals surface area contributed by atoms with Crippen LogP contribution in [0, 0.1) is 13.8 Å². The Balaban J connectivity index is 2.47. The summed E-state index contributed by atoms with van der Waals surface area (Å²) in [5.41, 5.74) is 8.56. The molecule has 1 heterocycles. The third kappa shape index (κ3) is 2.09. The number of imidazole rings is 1. The Morgan fingerprint density at radius 2 is 2.06 bits per heavy atom. The Bertz CT molecular complexity index is 614. The maximum absolute atomic E-state index is 11.0. The highest BCUT2D eigenvalue weighted by molar-refractivity contribution is 5.80. The van der Waals surface area contributed by atoms with Gasteiger partial charge in [-0.1, -0.05) is 0 Å². The lowest BCUT2D eigenvalue weighted by Crippen LogP contribution is -2.48. The van der Waals surface area contributed by atoms with Crippen LogP contribution in [-0.2, 0) is 11.3 Å². The molecule has 18 heavy (non-hydrogen) atoms. The summed E-state index contributed by atoms with van der Waals surface area (Å²) in [6.07, 6.45) is 1.64. The normalized spacial score (nSPS) is 14.7. The number of aliphatic carboxylic acids is 1. The Labute approximate surface area is 105 Å². The van der Waals surface area contributed by atoms with Crippen molar-refractivity contribution in [2.75, 3.05) is 0 Å². The molecule has 5 nitrogen and oxygen atoms in total. The van der Waals surface area contributed by atoms with Gasteiger partial charge >= 0.3 is 5.97 Å². The monoisotopic (exact) mass is 247 g/mol. The molecule has 2 rings (SSSR count). The summed E-state index contributed by atoms with van der Waals surface area (Å²) in [6, 6.07) is 4.01. The Hall–Kier alpha value is -1.88. The van der Waals surface area contributed by atoms with E-state index in [2.05, 4.69) is 4.98 Å². The van der Waals surface area contributed by atoms with Crippen LogP contribution in [0.15, 0.2) is 18.5 Å². The first-order valence-electron chi connectivity index (χ1n) is 5.75. The molecule has 0 saturated heterocycles. The average molecular weight is 247 g/mol. The first-order valence-corrected chi connectivity index (χ1v) is 5.75. The molecular weight excluding hydrogens is 230 g/mol. The van der Waals surface area contributed by atoms with Gasteiger partial charge in [0.1, 0.15) is 5.54 Å². The van der Waals surface area contributed by atoms with E-state index in [1.165, 1.54) is 12.5 Å². The van der Waals surface area contributed by atoms with Crippen molar-refractivity contribution in [2.45, 2.75) is 32.9 Å². The molecule has 2 aromatic rings. The number of fused-ring (bicyclic) bond motifs is 1. The summed E-state index contributed by atoms with van der Waals surface area (Å²) < 4.78 is 1.79. The minimum absolute atomic E-state index is 0.196. The van der Waals surface area contributed by atoms with Crippen LogP contribution < -0.4 is 5.73 Å². The maximum atomic E-state index is 11.0. The van der Waals surface area contributed by atoms with E-state index in [-0.39, 0.29) is 6.54 Å². The van der Waals surface area contributed by atoms with Gasteiger partial charge in [-0.2, -0.15) is 0 Å². The van der Waals surface area contributed by atoms with Crippen molar-refractivity contribution in [3.05, 3.63) is 29.6 Å². The number of benzene rings is 1. The Kier molecular flexibility index (Phi) is 2.86. The summed E-state index contributed by atoms with van der Waals surface area (Å²) in [6.45, 7) is 5.74. The van der Waals surface area contributed by atoms with Crippen LogP contribution in [0.4, 0.5) is 0 Å². The molecule has 96 valence electrons. The smallest absolute Gasteiger partial charge is 0.325 e. The van der Waals surface area contributed by atoms with Gasteiger partial charge in [-0.05, 0) is 44.0 Å². The maximum Gasteiger partial charge on any atom is 0.325 e. The molecule has 1 unspecified atom stereocenters. The summed E-state index contributed by atoms with van der Waals surface area (Å²) in [4.78, 5) is 15.3. The fraction of sp³-hybridized carbons (Fsp3) is 0.385. The lowest BCUT2D eigenvalue weighted by Gasteiger charge is -2.20. The fourth-order valence-corrected chi connectivity index (χ4v) is 1.86. The number of carbonyl (C=O) groups is 1. The number of nitrogens with two attached hydrogens (primary N) is 1. The summed E-state index contributed by atoms with van der Waals surface area (Å²) >= 11 is 0. The zero-order chi connectivity index (χ0) is 13.5. The van der Waals surface area contributed by atoms with Crippen LogP contribution in [0.25, 0.3) is 11.0 Å². The van der Waals surface area contributed by atoms with E-state index in [0.29, 0.717) is 0 Å². The number of nitrogens with zero attached hydrogens (tertiary/aromatic N) is 2. The first kappa shape index (κ1) is 12.6. The summed E-state index contributed by atoms with van der Waals surface area (Å²) in [7, 11) is 0. The van der Waals surface area contributed by atoms with Crippen molar-refractivity contribution in [1.82, 2.24) is 9.55 Å². The molecule has 1 aromatic heterocycles. The predicted octanol–water partition coefficient (Wildman–Crippen LogP) is 1.46. The Morgan fingerprint density at radius 3 is 2.67 bits per heavy atom. The van der Waals surface area contributed by atoms with Gasteiger partial charge < -0.3 is 15.4 Å². The van der Waals surface area contributed by atoms with Crippen LogP contribution in [0.1, 0.15) is 18.1 Å². The van der Waals surface area contributed by atoms with Crippen molar-refractivity contribution >= 4 is 17.0 Å². The van der Waals surface area contributed by atoms with Crippen molar-refractivity contribution in [1.29, 1.82) is 0 Å². The van der Waals surface area contributed by atoms with E-state index < -0.39 is 11.5 Å². The van der Waals surface area contributed by atoms with Gasteiger partial charge in [0.2, 0.25) is 0 Å². The van der Waals surface area contributed by atoms with E-state index in [1.54, 1.807) is 10.9 Å². The fourth-order valence-electron chi connectivity index (χ4n) is 1.86. The standard InChI is InChI=1S/C13H17N3O2/c1-8-4-10-11(5-9(8)2)16(7-15-10)6-13(3,14)12(17)18/h4-5,7H,6,14H2,1-3H3,(H,17,18). The molecule has 0 aliphatic heterocycles. The van der Waals surface area contributed by atoms with Crippen LogP contribution >= 0.6 is 0 Å². The van der Waals surface area contributed by atoms with Crippen molar-refractivity contribution < 1.29 is 9.90 Å².